The smallest absolute Gasteiger partial charge is 0.219 e. The van der Waals surface area contributed by atoms with E-state index in [0.29, 0.717) is 13.2 Å². The highest BCUT2D eigenvalue weighted by Gasteiger charge is 2.24. The van der Waals surface area contributed by atoms with E-state index >= 15 is 0 Å². The predicted octanol–water partition coefficient (Wildman–Crippen LogP) is 0.208. The molecule has 2 aliphatic heterocycles. The van der Waals surface area contributed by atoms with E-state index in [2.05, 4.69) is 24.6 Å². The van der Waals surface area contributed by atoms with Crippen LogP contribution in [0.1, 0.15) is 11.4 Å². The second kappa shape index (κ2) is 5.64. The van der Waals surface area contributed by atoms with Gasteiger partial charge in [0.1, 0.15) is 0 Å². The number of morpholine rings is 1. The lowest BCUT2D eigenvalue weighted by molar-refractivity contribution is 0.122. The number of nitrogen functional groups attached to an aromatic ring is 1. The Morgan fingerprint density at radius 2 is 1.88 bits per heavy atom. The number of fused-ring (bicyclic) bond motifs is 3. The average molecular weight is 338 g/mol. The van der Waals surface area contributed by atoms with E-state index < -0.39 is 0 Å². The van der Waals surface area contributed by atoms with Crippen LogP contribution in [0.25, 0.3) is 16.9 Å². The van der Waals surface area contributed by atoms with Gasteiger partial charge in [0.2, 0.25) is 5.95 Å². The first-order valence-electron chi connectivity index (χ1n) is 8.32. The minimum atomic E-state index is 0.256. The van der Waals surface area contributed by atoms with Crippen LogP contribution in [-0.4, -0.2) is 50.6 Å². The van der Waals surface area contributed by atoms with E-state index in [1.165, 1.54) is 5.69 Å². The molecule has 0 spiro atoms. The molecule has 9 heteroatoms. The third-order valence-electron chi connectivity index (χ3n) is 4.63. The summed E-state index contributed by atoms with van der Waals surface area (Å²) < 4.78 is 7.62. The highest BCUT2D eigenvalue weighted by molar-refractivity contribution is 5.71. The van der Waals surface area contributed by atoms with Gasteiger partial charge in [-0.25, -0.2) is 19.9 Å². The van der Waals surface area contributed by atoms with Crippen molar-refractivity contribution in [2.24, 2.45) is 0 Å². The van der Waals surface area contributed by atoms with Crippen LogP contribution in [0.4, 0.5) is 11.8 Å². The van der Waals surface area contributed by atoms with Gasteiger partial charge < -0.3 is 20.7 Å². The van der Waals surface area contributed by atoms with Crippen LogP contribution in [-0.2, 0) is 17.8 Å². The lowest BCUT2D eigenvalue weighted by Crippen LogP contribution is -2.37. The van der Waals surface area contributed by atoms with Crippen molar-refractivity contribution in [1.29, 1.82) is 0 Å². The lowest BCUT2D eigenvalue weighted by atomic mass is 10.2. The molecule has 9 nitrogen and oxygen atoms in total. The first-order valence-corrected chi connectivity index (χ1v) is 8.32. The van der Waals surface area contributed by atoms with Crippen molar-refractivity contribution in [2.75, 3.05) is 36.9 Å². The number of hydrogen-bond acceptors (Lipinski definition) is 8. The summed E-state index contributed by atoms with van der Waals surface area (Å²) in [7, 11) is 0. The number of aromatic nitrogens is 5. The van der Waals surface area contributed by atoms with E-state index in [9.17, 15) is 0 Å². The molecule has 0 radical (unpaired) electrons. The van der Waals surface area contributed by atoms with Crippen LogP contribution >= 0.6 is 0 Å². The molecule has 1 saturated heterocycles. The van der Waals surface area contributed by atoms with Gasteiger partial charge in [0.05, 0.1) is 30.3 Å². The van der Waals surface area contributed by atoms with Crippen molar-refractivity contribution in [3.8, 4) is 11.3 Å². The molecular formula is C16H18N8O. The summed E-state index contributed by atoms with van der Waals surface area (Å²) in [6.45, 7) is 4.61. The fourth-order valence-corrected chi connectivity index (χ4v) is 3.35. The van der Waals surface area contributed by atoms with Crippen molar-refractivity contribution in [1.82, 2.24) is 29.7 Å². The number of hydrogen-bond donors (Lipinski definition) is 2. The van der Waals surface area contributed by atoms with Gasteiger partial charge in [-0.3, -0.25) is 4.40 Å². The molecule has 0 aliphatic carbocycles. The normalized spacial score (nSPS) is 17.2. The summed E-state index contributed by atoms with van der Waals surface area (Å²) in [5.74, 6) is 1.14. The van der Waals surface area contributed by atoms with E-state index in [0.717, 1.165) is 54.6 Å². The maximum atomic E-state index is 5.61. The van der Waals surface area contributed by atoms with E-state index in [1.807, 2.05) is 6.20 Å². The standard InChI is InChI=1S/C16H18N8O/c17-16-19-5-10(6-20-16)12-9-24-13-8-18-7-11(13)21-15(24)14(22-12)23-1-3-25-4-2-23/h5-6,9,18H,1-4,7-8H2,(H2,17,19,20). The Hall–Kier alpha value is -2.78. The second-order valence-corrected chi connectivity index (χ2v) is 6.18. The Bertz CT molecular complexity index is 929. The zero-order chi connectivity index (χ0) is 16.8. The maximum Gasteiger partial charge on any atom is 0.219 e. The van der Waals surface area contributed by atoms with Crippen molar-refractivity contribution in [2.45, 2.75) is 13.1 Å². The van der Waals surface area contributed by atoms with Crippen LogP contribution in [0, 0.1) is 0 Å². The summed E-state index contributed by atoms with van der Waals surface area (Å²) in [6, 6.07) is 0. The van der Waals surface area contributed by atoms with Crippen LogP contribution in [0.5, 0.6) is 0 Å². The highest BCUT2D eigenvalue weighted by Crippen LogP contribution is 2.28. The van der Waals surface area contributed by atoms with Crippen molar-refractivity contribution < 1.29 is 4.74 Å². The van der Waals surface area contributed by atoms with Gasteiger partial charge in [0.15, 0.2) is 11.5 Å². The van der Waals surface area contributed by atoms with Gasteiger partial charge in [-0.1, -0.05) is 0 Å². The molecule has 3 N–H and O–H groups in total. The van der Waals surface area contributed by atoms with Gasteiger partial charge >= 0.3 is 0 Å². The van der Waals surface area contributed by atoms with Gasteiger partial charge in [-0.2, -0.15) is 0 Å². The molecule has 2 aliphatic rings. The Morgan fingerprint density at radius 1 is 1.08 bits per heavy atom. The summed E-state index contributed by atoms with van der Waals surface area (Å²) in [6.07, 6.45) is 5.41. The van der Waals surface area contributed by atoms with Gasteiger partial charge in [0.25, 0.3) is 0 Å². The Labute approximate surface area is 143 Å². The number of anilines is 2. The summed E-state index contributed by atoms with van der Waals surface area (Å²) in [5.41, 5.74) is 10.4. The highest BCUT2D eigenvalue weighted by atomic mass is 16.5. The van der Waals surface area contributed by atoms with Gasteiger partial charge in [-0.05, 0) is 0 Å². The number of imidazole rings is 1. The van der Waals surface area contributed by atoms with Crippen LogP contribution in [0.2, 0.25) is 0 Å². The summed E-state index contributed by atoms with van der Waals surface area (Å²) >= 11 is 0. The quantitative estimate of drug-likeness (QED) is 0.683. The molecule has 128 valence electrons. The molecule has 1 fully saturated rings. The molecule has 3 aromatic rings. The fourth-order valence-electron chi connectivity index (χ4n) is 3.35. The number of nitrogens with one attached hydrogen (secondary N) is 1. The number of nitrogens with two attached hydrogens (primary N) is 1. The largest absolute Gasteiger partial charge is 0.378 e. The minimum absolute atomic E-state index is 0.256. The minimum Gasteiger partial charge on any atom is -0.378 e. The maximum absolute atomic E-state index is 5.61. The van der Waals surface area contributed by atoms with Crippen LogP contribution in [0.3, 0.4) is 0 Å². The number of rotatable bonds is 2. The third kappa shape index (κ3) is 2.39. The van der Waals surface area contributed by atoms with E-state index in [-0.39, 0.29) is 5.95 Å². The molecule has 5 rings (SSSR count). The molecule has 0 saturated carbocycles. The summed E-state index contributed by atoms with van der Waals surface area (Å²) in [4.78, 5) is 20.1. The van der Waals surface area contributed by atoms with E-state index in [1.54, 1.807) is 12.4 Å². The van der Waals surface area contributed by atoms with Crippen LogP contribution in [0.15, 0.2) is 18.6 Å². The molecule has 25 heavy (non-hydrogen) atoms. The summed E-state index contributed by atoms with van der Waals surface area (Å²) in [5, 5.41) is 3.35. The number of nitrogens with zero attached hydrogens (tertiary/aromatic N) is 6. The molecular weight excluding hydrogens is 320 g/mol. The van der Waals surface area contributed by atoms with Gasteiger partial charge in [0, 0.05) is 50.3 Å². The molecule has 3 aromatic heterocycles. The zero-order valence-electron chi connectivity index (χ0n) is 13.6. The third-order valence-corrected chi connectivity index (χ3v) is 4.63. The predicted molar refractivity (Wildman–Crippen MR) is 92.0 cm³/mol. The fraction of sp³-hybridized carbons (Fsp3) is 0.375. The lowest BCUT2D eigenvalue weighted by Gasteiger charge is -2.28. The Balaban J connectivity index is 1.71. The molecule has 5 heterocycles. The van der Waals surface area contributed by atoms with Crippen molar-refractivity contribution in [3.05, 3.63) is 30.0 Å². The molecule has 0 bridgehead atoms. The molecule has 0 atom stereocenters. The average Bonchev–Trinajstić information content (AvgIpc) is 3.24. The first kappa shape index (κ1) is 14.6. The topological polar surface area (TPSA) is 106 Å². The SMILES string of the molecule is Nc1ncc(-c2cn3c4c(nc3c(N3CCOCC3)n2)CNC4)cn1. The monoisotopic (exact) mass is 338 g/mol. The van der Waals surface area contributed by atoms with Gasteiger partial charge in [-0.15, -0.1) is 0 Å². The molecule has 0 unspecified atom stereocenters. The second-order valence-electron chi connectivity index (χ2n) is 6.18. The van der Waals surface area contributed by atoms with Crippen molar-refractivity contribution in [3.63, 3.8) is 0 Å². The molecule has 0 aromatic carbocycles. The van der Waals surface area contributed by atoms with E-state index in [4.69, 9.17) is 20.4 Å². The molecule has 0 amide bonds. The van der Waals surface area contributed by atoms with Crippen molar-refractivity contribution >= 4 is 17.4 Å². The zero-order valence-corrected chi connectivity index (χ0v) is 13.6. The number of ether oxygens (including phenoxy) is 1. The van der Waals surface area contributed by atoms with Crippen LogP contribution < -0.4 is 16.0 Å². The Morgan fingerprint density at radius 3 is 2.68 bits per heavy atom. The first-order chi connectivity index (χ1) is 12.3. The Kier molecular flexibility index (Phi) is 3.28.